The van der Waals surface area contributed by atoms with E-state index >= 15 is 0 Å². The topological polar surface area (TPSA) is 48.5 Å². The van der Waals surface area contributed by atoms with Crippen molar-refractivity contribution in [2.24, 2.45) is 7.05 Å². The number of rotatable bonds is 6. The van der Waals surface area contributed by atoms with Gasteiger partial charge in [-0.1, -0.05) is 67.5 Å². The van der Waals surface area contributed by atoms with Crippen molar-refractivity contribution in [1.29, 1.82) is 0 Å². The summed E-state index contributed by atoms with van der Waals surface area (Å²) in [6, 6.07) is 16.3. The minimum atomic E-state index is 0.104. The lowest BCUT2D eigenvalue weighted by Crippen LogP contribution is -2.08. The molecule has 0 N–H and O–H groups in total. The summed E-state index contributed by atoms with van der Waals surface area (Å²) >= 11 is 7.91. The molecule has 1 unspecified atom stereocenters. The molecule has 4 rings (SSSR count). The van der Waals surface area contributed by atoms with Gasteiger partial charge in [0.05, 0.1) is 16.3 Å². The first-order valence-corrected chi connectivity index (χ1v) is 11.0. The van der Waals surface area contributed by atoms with Gasteiger partial charge in [-0.05, 0) is 30.7 Å². The van der Waals surface area contributed by atoms with Gasteiger partial charge >= 0.3 is 0 Å². The fourth-order valence-electron chi connectivity index (χ4n) is 3.51. The lowest BCUT2D eigenvalue weighted by atomic mass is 10.2. The smallest absolute Gasteiger partial charge is 0.191 e. The molecule has 2 heterocycles. The summed E-state index contributed by atoms with van der Waals surface area (Å²) in [5, 5.41) is 10.5. The zero-order valence-electron chi connectivity index (χ0n) is 17.0. The summed E-state index contributed by atoms with van der Waals surface area (Å²) in [6.45, 7) is 7.18. The zero-order chi connectivity index (χ0) is 20.5. The van der Waals surface area contributed by atoms with Crippen LogP contribution in [-0.2, 0) is 13.6 Å². The zero-order valence-corrected chi connectivity index (χ0v) is 18.6. The van der Waals surface area contributed by atoms with E-state index in [1.807, 2.05) is 31.3 Å². The molecule has 0 amide bonds. The Morgan fingerprint density at radius 1 is 1.00 bits per heavy atom. The SMILES string of the molecule is CC(C)c1nnc(SC(C)c2nc3cc(Cl)ccc3n2Cc2ccccc2)n1C. The fourth-order valence-corrected chi connectivity index (χ4v) is 4.61. The van der Waals surface area contributed by atoms with Crippen LogP contribution in [0, 0.1) is 0 Å². The highest BCUT2D eigenvalue weighted by atomic mass is 35.5. The quantitative estimate of drug-likeness (QED) is 0.364. The van der Waals surface area contributed by atoms with E-state index in [-0.39, 0.29) is 5.25 Å². The summed E-state index contributed by atoms with van der Waals surface area (Å²) in [7, 11) is 2.02. The Hall–Kier alpha value is -2.31. The van der Waals surface area contributed by atoms with Crippen LogP contribution in [0.5, 0.6) is 0 Å². The van der Waals surface area contributed by atoms with Crippen LogP contribution in [0.25, 0.3) is 11.0 Å². The Morgan fingerprint density at radius 3 is 2.45 bits per heavy atom. The van der Waals surface area contributed by atoms with Crippen molar-refractivity contribution in [3.63, 3.8) is 0 Å². The number of halogens is 1. The number of aromatic nitrogens is 5. The predicted molar refractivity (Wildman–Crippen MR) is 120 cm³/mol. The Morgan fingerprint density at radius 2 is 1.76 bits per heavy atom. The highest BCUT2D eigenvalue weighted by Gasteiger charge is 2.21. The molecule has 0 bridgehead atoms. The molecule has 2 aromatic carbocycles. The maximum Gasteiger partial charge on any atom is 0.191 e. The van der Waals surface area contributed by atoms with Crippen LogP contribution in [0.1, 0.15) is 49.2 Å². The number of nitrogens with zero attached hydrogens (tertiary/aromatic N) is 5. The number of hydrogen-bond acceptors (Lipinski definition) is 4. The number of hydrogen-bond donors (Lipinski definition) is 0. The molecule has 0 aliphatic carbocycles. The van der Waals surface area contributed by atoms with Crippen LogP contribution in [0.15, 0.2) is 53.7 Å². The first kappa shape index (κ1) is 20.0. The molecule has 0 radical (unpaired) electrons. The maximum atomic E-state index is 6.23. The lowest BCUT2D eigenvalue weighted by Gasteiger charge is -2.15. The predicted octanol–water partition coefficient (Wildman–Crippen LogP) is 5.84. The van der Waals surface area contributed by atoms with Crippen molar-refractivity contribution in [2.45, 2.75) is 43.6 Å². The second kappa shape index (κ2) is 8.20. The van der Waals surface area contributed by atoms with E-state index in [9.17, 15) is 0 Å². The monoisotopic (exact) mass is 425 g/mol. The van der Waals surface area contributed by atoms with Gasteiger partial charge in [0.25, 0.3) is 0 Å². The van der Waals surface area contributed by atoms with Gasteiger partial charge in [0.15, 0.2) is 5.16 Å². The van der Waals surface area contributed by atoms with Gasteiger partial charge < -0.3 is 9.13 Å². The summed E-state index contributed by atoms with van der Waals surface area (Å²) in [6.07, 6.45) is 0. The summed E-state index contributed by atoms with van der Waals surface area (Å²) < 4.78 is 4.35. The van der Waals surface area contributed by atoms with Gasteiger partial charge in [-0.15, -0.1) is 10.2 Å². The van der Waals surface area contributed by atoms with Crippen LogP contribution in [-0.4, -0.2) is 24.3 Å². The first-order valence-electron chi connectivity index (χ1n) is 9.69. The molecule has 7 heteroatoms. The molecule has 0 saturated carbocycles. The van der Waals surface area contributed by atoms with E-state index in [0.29, 0.717) is 10.9 Å². The third-order valence-electron chi connectivity index (χ3n) is 4.95. The van der Waals surface area contributed by atoms with E-state index in [4.69, 9.17) is 16.6 Å². The van der Waals surface area contributed by atoms with E-state index < -0.39 is 0 Å². The molecule has 4 aromatic rings. The normalized spacial score (nSPS) is 12.8. The molecule has 1 atom stereocenters. The molecule has 0 spiro atoms. The first-order chi connectivity index (χ1) is 13.9. The van der Waals surface area contributed by atoms with Crippen LogP contribution < -0.4 is 0 Å². The Kier molecular flexibility index (Phi) is 5.65. The second-order valence-electron chi connectivity index (χ2n) is 7.49. The average molecular weight is 426 g/mol. The standard InChI is InChI=1S/C22H24ClN5S/c1-14(2)20-25-26-22(27(20)4)29-15(3)21-24-18-12-17(23)10-11-19(18)28(21)13-16-8-6-5-7-9-16/h5-12,14-15H,13H2,1-4H3. The van der Waals surface area contributed by atoms with Crippen molar-refractivity contribution >= 4 is 34.4 Å². The molecular weight excluding hydrogens is 402 g/mol. The molecule has 2 aromatic heterocycles. The molecule has 0 aliphatic heterocycles. The van der Waals surface area contributed by atoms with Gasteiger partial charge in [0.1, 0.15) is 11.6 Å². The van der Waals surface area contributed by atoms with Crippen molar-refractivity contribution in [2.75, 3.05) is 0 Å². The number of thioether (sulfide) groups is 1. The van der Waals surface area contributed by atoms with Gasteiger partial charge in [-0.25, -0.2) is 4.98 Å². The lowest BCUT2D eigenvalue weighted by molar-refractivity contribution is 0.677. The van der Waals surface area contributed by atoms with Crippen LogP contribution in [0.4, 0.5) is 0 Å². The van der Waals surface area contributed by atoms with E-state index in [1.54, 1.807) is 11.8 Å². The highest BCUT2D eigenvalue weighted by Crippen LogP contribution is 2.36. The molecule has 29 heavy (non-hydrogen) atoms. The molecular formula is C22H24ClN5S. The summed E-state index contributed by atoms with van der Waals surface area (Å²) in [5.74, 6) is 2.33. The fraction of sp³-hybridized carbons (Fsp3) is 0.318. The van der Waals surface area contributed by atoms with Crippen molar-refractivity contribution in [3.8, 4) is 0 Å². The second-order valence-corrected chi connectivity index (χ2v) is 9.23. The number of fused-ring (bicyclic) bond motifs is 1. The molecule has 0 saturated heterocycles. The van der Waals surface area contributed by atoms with E-state index in [2.05, 4.69) is 64.4 Å². The Bertz CT molecular complexity index is 1130. The third-order valence-corrected chi connectivity index (χ3v) is 6.32. The van der Waals surface area contributed by atoms with Crippen LogP contribution in [0.2, 0.25) is 5.02 Å². The van der Waals surface area contributed by atoms with Gasteiger partial charge in [-0.3, -0.25) is 0 Å². The Labute approximate surface area is 180 Å². The molecule has 0 fully saturated rings. The third kappa shape index (κ3) is 4.05. The molecule has 150 valence electrons. The molecule has 5 nitrogen and oxygen atoms in total. The van der Waals surface area contributed by atoms with Gasteiger partial charge in [0, 0.05) is 24.5 Å². The van der Waals surface area contributed by atoms with E-state index in [1.165, 1.54) is 5.56 Å². The maximum absolute atomic E-state index is 6.23. The van der Waals surface area contributed by atoms with Crippen molar-refractivity contribution < 1.29 is 0 Å². The van der Waals surface area contributed by atoms with Crippen molar-refractivity contribution in [1.82, 2.24) is 24.3 Å². The molecule has 0 aliphatic rings. The van der Waals surface area contributed by atoms with Gasteiger partial charge in [0.2, 0.25) is 0 Å². The minimum Gasteiger partial charge on any atom is -0.323 e. The summed E-state index contributed by atoms with van der Waals surface area (Å²) in [5.41, 5.74) is 3.24. The summed E-state index contributed by atoms with van der Waals surface area (Å²) in [4.78, 5) is 4.94. The average Bonchev–Trinajstić information content (AvgIpc) is 3.23. The van der Waals surface area contributed by atoms with Crippen LogP contribution >= 0.6 is 23.4 Å². The largest absolute Gasteiger partial charge is 0.323 e. The van der Waals surface area contributed by atoms with E-state index in [0.717, 1.165) is 34.4 Å². The highest BCUT2D eigenvalue weighted by molar-refractivity contribution is 7.99. The number of imidazole rings is 1. The number of benzene rings is 2. The van der Waals surface area contributed by atoms with Crippen LogP contribution in [0.3, 0.4) is 0 Å². The van der Waals surface area contributed by atoms with Gasteiger partial charge in [-0.2, -0.15) is 0 Å². The van der Waals surface area contributed by atoms with Crippen molar-refractivity contribution in [3.05, 3.63) is 70.8 Å². The minimum absolute atomic E-state index is 0.104. The Balaban J connectivity index is 1.73.